The number of hydrogen-bond donors (Lipinski definition) is 0. The first-order chi connectivity index (χ1) is 7.20. The van der Waals surface area contributed by atoms with E-state index in [1.54, 1.807) is 0 Å². The van der Waals surface area contributed by atoms with Gasteiger partial charge in [-0.1, -0.05) is 23.2 Å². The second-order valence-electron chi connectivity index (χ2n) is 3.27. The normalized spacial score (nSPS) is 11.7. The van der Waals surface area contributed by atoms with Gasteiger partial charge >= 0.3 is 0 Å². The highest BCUT2D eigenvalue weighted by Gasteiger charge is 2.06. The van der Waals surface area contributed by atoms with Crippen molar-refractivity contribution in [2.24, 2.45) is 0 Å². The van der Waals surface area contributed by atoms with Crippen LogP contribution >= 0.6 is 11.6 Å². The third-order valence-corrected chi connectivity index (χ3v) is 2.39. The van der Waals surface area contributed by atoms with Gasteiger partial charge < -0.3 is 4.42 Å². The molecular formula is C12H8ClNO. The molecule has 1 aromatic heterocycles. The molecule has 1 heterocycles. The van der Waals surface area contributed by atoms with E-state index in [1.807, 2.05) is 37.3 Å². The molecular weight excluding hydrogens is 210 g/mol. The number of allylic oxidation sites excluding steroid dienone is 1. The Bertz CT molecular complexity index is 575. The second kappa shape index (κ2) is 3.80. The number of furan rings is 1. The first-order valence-electron chi connectivity index (χ1n) is 4.46. The van der Waals surface area contributed by atoms with Crippen molar-refractivity contribution in [3.05, 3.63) is 41.7 Å². The number of nitriles is 1. The molecule has 2 aromatic rings. The minimum Gasteiger partial charge on any atom is -0.455 e. The van der Waals surface area contributed by atoms with Gasteiger partial charge in [-0.25, -0.2) is 0 Å². The van der Waals surface area contributed by atoms with Crippen molar-refractivity contribution in [3.63, 3.8) is 0 Å². The van der Waals surface area contributed by atoms with E-state index in [9.17, 15) is 0 Å². The van der Waals surface area contributed by atoms with E-state index in [4.69, 9.17) is 21.3 Å². The van der Waals surface area contributed by atoms with Crippen molar-refractivity contribution in [2.45, 2.75) is 6.92 Å². The molecule has 3 heteroatoms. The van der Waals surface area contributed by atoms with Gasteiger partial charge in [-0.2, -0.15) is 5.26 Å². The minimum atomic E-state index is 0.325. The fraction of sp³-hybridized carbons (Fsp3) is 0.0833. The lowest BCUT2D eigenvalue weighted by molar-refractivity contribution is 0.602. The molecule has 2 nitrogen and oxygen atoms in total. The highest BCUT2D eigenvalue weighted by molar-refractivity contribution is 6.48. The molecule has 0 bridgehead atoms. The molecule has 0 unspecified atom stereocenters. The maximum Gasteiger partial charge on any atom is 0.147 e. The van der Waals surface area contributed by atoms with E-state index in [0.29, 0.717) is 10.8 Å². The molecule has 0 aliphatic carbocycles. The number of fused-ring (bicyclic) bond motifs is 1. The molecule has 0 atom stereocenters. The SMILES string of the molecule is Cc1ccc2oc(C(Cl)=CC#N)cc2c1. The van der Waals surface area contributed by atoms with Crippen molar-refractivity contribution >= 4 is 27.6 Å². The number of halogens is 1. The second-order valence-corrected chi connectivity index (χ2v) is 3.68. The lowest BCUT2D eigenvalue weighted by Gasteiger charge is -1.89. The van der Waals surface area contributed by atoms with Crippen LogP contribution in [0.1, 0.15) is 11.3 Å². The van der Waals surface area contributed by atoms with Gasteiger partial charge in [0.2, 0.25) is 0 Å². The van der Waals surface area contributed by atoms with Gasteiger partial charge in [0.05, 0.1) is 11.1 Å². The molecule has 0 radical (unpaired) electrons. The van der Waals surface area contributed by atoms with Crippen LogP contribution in [0, 0.1) is 18.3 Å². The zero-order valence-electron chi connectivity index (χ0n) is 8.12. The van der Waals surface area contributed by atoms with Crippen LogP contribution in [0.4, 0.5) is 0 Å². The summed E-state index contributed by atoms with van der Waals surface area (Å²) in [5, 5.41) is 9.78. The summed E-state index contributed by atoms with van der Waals surface area (Å²) in [6.07, 6.45) is 1.26. The summed E-state index contributed by atoms with van der Waals surface area (Å²) in [7, 11) is 0. The van der Waals surface area contributed by atoms with E-state index in [2.05, 4.69) is 0 Å². The molecule has 0 saturated carbocycles. The van der Waals surface area contributed by atoms with E-state index in [-0.39, 0.29) is 0 Å². The molecule has 2 rings (SSSR count). The first kappa shape index (κ1) is 9.82. The van der Waals surface area contributed by atoms with Gasteiger partial charge in [-0.15, -0.1) is 0 Å². The molecule has 0 aliphatic heterocycles. The van der Waals surface area contributed by atoms with Crippen molar-refractivity contribution in [1.29, 1.82) is 5.26 Å². The minimum absolute atomic E-state index is 0.325. The van der Waals surface area contributed by atoms with Crippen LogP contribution in [-0.2, 0) is 0 Å². The number of hydrogen-bond acceptors (Lipinski definition) is 2. The predicted octanol–water partition coefficient (Wildman–Crippen LogP) is 3.84. The first-order valence-corrected chi connectivity index (χ1v) is 4.84. The fourth-order valence-electron chi connectivity index (χ4n) is 1.41. The van der Waals surface area contributed by atoms with Crippen molar-refractivity contribution in [3.8, 4) is 6.07 Å². The van der Waals surface area contributed by atoms with Crippen LogP contribution in [0.15, 0.2) is 34.8 Å². The summed E-state index contributed by atoms with van der Waals surface area (Å²) < 4.78 is 5.49. The highest BCUT2D eigenvalue weighted by Crippen LogP contribution is 2.27. The van der Waals surface area contributed by atoms with Crippen LogP contribution < -0.4 is 0 Å². The average molecular weight is 218 g/mol. The van der Waals surface area contributed by atoms with E-state index in [0.717, 1.165) is 16.5 Å². The van der Waals surface area contributed by atoms with E-state index >= 15 is 0 Å². The van der Waals surface area contributed by atoms with Crippen molar-refractivity contribution < 1.29 is 4.42 Å². The van der Waals surface area contributed by atoms with Crippen LogP contribution in [0.5, 0.6) is 0 Å². The maximum atomic E-state index is 8.46. The molecule has 1 aromatic carbocycles. The number of aryl methyl sites for hydroxylation is 1. The topological polar surface area (TPSA) is 36.9 Å². The molecule has 74 valence electrons. The van der Waals surface area contributed by atoms with E-state index in [1.165, 1.54) is 6.08 Å². The molecule has 0 N–H and O–H groups in total. The standard InChI is InChI=1S/C12H8ClNO/c1-8-2-3-11-9(6-8)7-12(15-11)10(13)4-5-14/h2-4,6-7H,1H3. The van der Waals surface area contributed by atoms with Crippen molar-refractivity contribution in [2.75, 3.05) is 0 Å². The Morgan fingerprint density at radius 3 is 3.00 bits per heavy atom. The number of nitrogens with zero attached hydrogens (tertiary/aromatic N) is 1. The van der Waals surface area contributed by atoms with Gasteiger partial charge in [0.1, 0.15) is 11.3 Å². The van der Waals surface area contributed by atoms with Gasteiger partial charge in [-0.05, 0) is 25.1 Å². The Morgan fingerprint density at radius 2 is 2.27 bits per heavy atom. The summed E-state index contributed by atoms with van der Waals surface area (Å²) in [5.41, 5.74) is 1.94. The van der Waals surface area contributed by atoms with Gasteiger partial charge in [0, 0.05) is 11.5 Å². The van der Waals surface area contributed by atoms with Gasteiger partial charge in [0.15, 0.2) is 0 Å². The van der Waals surface area contributed by atoms with Crippen LogP contribution in [0.25, 0.3) is 16.0 Å². The molecule has 0 saturated heterocycles. The lowest BCUT2D eigenvalue weighted by atomic mass is 10.2. The third-order valence-electron chi connectivity index (χ3n) is 2.10. The summed E-state index contributed by atoms with van der Waals surface area (Å²) >= 11 is 5.86. The zero-order chi connectivity index (χ0) is 10.8. The lowest BCUT2D eigenvalue weighted by Crippen LogP contribution is -1.68. The van der Waals surface area contributed by atoms with E-state index < -0.39 is 0 Å². The monoisotopic (exact) mass is 217 g/mol. The summed E-state index contributed by atoms with van der Waals surface area (Å²) in [6.45, 7) is 2.01. The van der Waals surface area contributed by atoms with Crippen LogP contribution in [0.2, 0.25) is 0 Å². The Balaban J connectivity index is 2.58. The summed E-state index contributed by atoms with van der Waals surface area (Å²) in [5.74, 6) is 0.527. The Morgan fingerprint density at radius 1 is 1.47 bits per heavy atom. The molecule has 15 heavy (non-hydrogen) atoms. The molecule has 0 aliphatic rings. The predicted molar refractivity (Wildman–Crippen MR) is 60.4 cm³/mol. The third kappa shape index (κ3) is 1.88. The fourth-order valence-corrected chi connectivity index (χ4v) is 1.55. The molecule has 0 spiro atoms. The maximum absolute atomic E-state index is 8.46. The number of benzene rings is 1. The van der Waals surface area contributed by atoms with Gasteiger partial charge in [-0.3, -0.25) is 0 Å². The van der Waals surface area contributed by atoms with Gasteiger partial charge in [0.25, 0.3) is 0 Å². The summed E-state index contributed by atoms with van der Waals surface area (Å²) in [4.78, 5) is 0. The Labute approximate surface area is 92.4 Å². The Hall–Kier alpha value is -1.72. The van der Waals surface area contributed by atoms with Crippen LogP contribution in [0.3, 0.4) is 0 Å². The Kier molecular flexibility index (Phi) is 2.49. The largest absolute Gasteiger partial charge is 0.455 e. The zero-order valence-corrected chi connectivity index (χ0v) is 8.88. The highest BCUT2D eigenvalue weighted by atomic mass is 35.5. The quantitative estimate of drug-likeness (QED) is 0.681. The average Bonchev–Trinajstić information content (AvgIpc) is 2.60. The van der Waals surface area contributed by atoms with Crippen molar-refractivity contribution in [1.82, 2.24) is 0 Å². The molecule has 0 fully saturated rings. The van der Waals surface area contributed by atoms with Crippen LogP contribution in [-0.4, -0.2) is 0 Å². The number of rotatable bonds is 1. The summed E-state index contributed by atoms with van der Waals surface area (Å²) in [6, 6.07) is 9.58. The smallest absolute Gasteiger partial charge is 0.147 e. The molecule has 0 amide bonds.